The van der Waals surface area contributed by atoms with Crippen LogP contribution in [-0.4, -0.2) is 41.7 Å². The van der Waals surface area contributed by atoms with E-state index in [2.05, 4.69) is 0 Å². The molecule has 0 spiro atoms. The van der Waals surface area contributed by atoms with Gasteiger partial charge in [-0.2, -0.15) is 0 Å². The number of likely N-dealkylation sites (tertiary alicyclic amines) is 1. The van der Waals surface area contributed by atoms with E-state index in [9.17, 15) is 9.90 Å². The summed E-state index contributed by atoms with van der Waals surface area (Å²) in [6, 6.07) is 0.00919. The van der Waals surface area contributed by atoms with Crippen LogP contribution >= 0.6 is 0 Å². The van der Waals surface area contributed by atoms with Gasteiger partial charge in [0.1, 0.15) is 0 Å². The molecular weight excluding hydrogens is 192 g/mol. The van der Waals surface area contributed by atoms with Crippen molar-refractivity contribution < 1.29 is 9.90 Å². The van der Waals surface area contributed by atoms with E-state index in [1.165, 1.54) is 0 Å². The molecule has 0 bridgehead atoms. The molecule has 1 fully saturated rings. The minimum absolute atomic E-state index is 0.00919. The van der Waals surface area contributed by atoms with E-state index in [4.69, 9.17) is 5.73 Å². The second-order valence-electron chi connectivity index (χ2n) is 4.60. The first-order valence-electron chi connectivity index (χ1n) is 5.71. The highest BCUT2D eigenvalue weighted by molar-refractivity contribution is 5.83. The number of hydrogen-bond acceptors (Lipinski definition) is 3. The minimum atomic E-state index is -0.461. The van der Waals surface area contributed by atoms with Crippen molar-refractivity contribution in [3.05, 3.63) is 0 Å². The topological polar surface area (TPSA) is 66.6 Å². The molecule has 1 aliphatic rings. The van der Waals surface area contributed by atoms with Gasteiger partial charge in [0.15, 0.2) is 0 Å². The number of amides is 1. The second-order valence-corrected chi connectivity index (χ2v) is 4.60. The third-order valence-corrected chi connectivity index (χ3v) is 3.60. The van der Waals surface area contributed by atoms with Crippen LogP contribution in [0.5, 0.6) is 0 Å². The molecule has 1 rings (SSSR count). The molecule has 0 aromatic heterocycles. The Balaban J connectivity index is 2.74. The summed E-state index contributed by atoms with van der Waals surface area (Å²) in [5.74, 6) is 0.101. The number of aliphatic hydroxyl groups is 1. The van der Waals surface area contributed by atoms with E-state index in [0.29, 0.717) is 6.54 Å². The summed E-state index contributed by atoms with van der Waals surface area (Å²) in [5.41, 5.74) is 5.20. The fraction of sp³-hybridized carbons (Fsp3) is 0.909. The lowest BCUT2D eigenvalue weighted by Crippen LogP contribution is -2.48. The summed E-state index contributed by atoms with van der Waals surface area (Å²) in [6.45, 7) is 5.09. The van der Waals surface area contributed by atoms with E-state index in [1.54, 1.807) is 4.90 Å². The first kappa shape index (κ1) is 12.5. The van der Waals surface area contributed by atoms with Gasteiger partial charge in [0.25, 0.3) is 0 Å². The molecule has 1 unspecified atom stereocenters. The predicted octanol–water partition coefficient (Wildman–Crippen LogP) is 0.345. The molecule has 0 radical (unpaired) electrons. The molecule has 1 aliphatic heterocycles. The molecule has 2 atom stereocenters. The van der Waals surface area contributed by atoms with Crippen LogP contribution in [0, 0.1) is 5.41 Å². The van der Waals surface area contributed by atoms with Crippen LogP contribution in [-0.2, 0) is 4.79 Å². The van der Waals surface area contributed by atoms with Gasteiger partial charge in [0.2, 0.25) is 5.91 Å². The maximum atomic E-state index is 12.2. The smallest absolute Gasteiger partial charge is 0.230 e. The molecular formula is C11H22N2O2. The van der Waals surface area contributed by atoms with Gasteiger partial charge in [-0.1, -0.05) is 6.92 Å². The highest BCUT2D eigenvalue weighted by atomic mass is 16.3. The summed E-state index contributed by atoms with van der Waals surface area (Å²) in [7, 11) is 0. The Kier molecular flexibility index (Phi) is 4.11. The van der Waals surface area contributed by atoms with Gasteiger partial charge in [0, 0.05) is 13.1 Å². The summed E-state index contributed by atoms with van der Waals surface area (Å²) in [5, 5.41) is 9.17. The Bertz CT molecular complexity index is 227. The maximum absolute atomic E-state index is 12.2. The Hall–Kier alpha value is -0.610. The van der Waals surface area contributed by atoms with E-state index < -0.39 is 5.41 Å². The lowest BCUT2D eigenvalue weighted by molar-refractivity contribution is -0.142. The number of rotatable bonds is 4. The predicted molar refractivity (Wildman–Crippen MR) is 59.3 cm³/mol. The molecule has 4 heteroatoms. The van der Waals surface area contributed by atoms with Crippen LogP contribution < -0.4 is 5.73 Å². The van der Waals surface area contributed by atoms with Crippen molar-refractivity contribution in [2.45, 2.75) is 39.2 Å². The summed E-state index contributed by atoms with van der Waals surface area (Å²) >= 11 is 0. The van der Waals surface area contributed by atoms with Crippen molar-refractivity contribution in [2.75, 3.05) is 19.7 Å². The number of nitrogens with zero attached hydrogens (tertiary/aromatic N) is 1. The van der Waals surface area contributed by atoms with Crippen molar-refractivity contribution >= 4 is 5.91 Å². The van der Waals surface area contributed by atoms with Gasteiger partial charge in [-0.05, 0) is 26.2 Å². The normalized spacial score (nSPS) is 25.3. The van der Waals surface area contributed by atoms with Crippen LogP contribution in [0.25, 0.3) is 0 Å². The van der Waals surface area contributed by atoms with E-state index >= 15 is 0 Å². The monoisotopic (exact) mass is 214 g/mol. The molecule has 1 amide bonds. The zero-order chi connectivity index (χ0) is 11.5. The number of aliphatic hydroxyl groups excluding tert-OH is 1. The summed E-state index contributed by atoms with van der Waals surface area (Å²) in [6.07, 6.45) is 2.64. The standard InChI is InChI=1S/C11H22N2O2/c1-3-11(2,8-12)10(15)13-6-4-5-9(13)7-14/h9,14H,3-8,12H2,1-2H3/t9-,11?/m1/s1. The first-order valence-corrected chi connectivity index (χ1v) is 5.71. The fourth-order valence-electron chi connectivity index (χ4n) is 2.02. The summed E-state index contributed by atoms with van der Waals surface area (Å²) < 4.78 is 0. The molecule has 0 aromatic carbocycles. The molecule has 0 saturated carbocycles. The Morgan fingerprint density at radius 1 is 1.67 bits per heavy atom. The third-order valence-electron chi connectivity index (χ3n) is 3.60. The van der Waals surface area contributed by atoms with Crippen LogP contribution in [0.1, 0.15) is 33.1 Å². The first-order chi connectivity index (χ1) is 7.09. The van der Waals surface area contributed by atoms with Crippen LogP contribution in [0.15, 0.2) is 0 Å². The van der Waals surface area contributed by atoms with Crippen LogP contribution in [0.2, 0.25) is 0 Å². The molecule has 88 valence electrons. The zero-order valence-electron chi connectivity index (χ0n) is 9.70. The summed E-state index contributed by atoms with van der Waals surface area (Å²) in [4.78, 5) is 14.0. The minimum Gasteiger partial charge on any atom is -0.394 e. The maximum Gasteiger partial charge on any atom is 0.230 e. The van der Waals surface area contributed by atoms with Crippen molar-refractivity contribution in [1.29, 1.82) is 0 Å². The SMILES string of the molecule is CCC(C)(CN)C(=O)N1CCC[C@@H]1CO. The molecule has 3 N–H and O–H groups in total. The van der Waals surface area contributed by atoms with Gasteiger partial charge in [-0.25, -0.2) is 0 Å². The molecule has 15 heavy (non-hydrogen) atoms. The molecule has 1 heterocycles. The Labute approximate surface area is 91.4 Å². The lowest BCUT2D eigenvalue weighted by atomic mass is 9.86. The zero-order valence-corrected chi connectivity index (χ0v) is 9.70. The van der Waals surface area contributed by atoms with E-state index in [0.717, 1.165) is 25.8 Å². The average molecular weight is 214 g/mol. The van der Waals surface area contributed by atoms with Gasteiger partial charge in [-0.15, -0.1) is 0 Å². The van der Waals surface area contributed by atoms with Gasteiger partial charge in [0.05, 0.1) is 18.1 Å². The quantitative estimate of drug-likeness (QED) is 0.709. The van der Waals surface area contributed by atoms with Gasteiger partial charge >= 0.3 is 0 Å². The third kappa shape index (κ3) is 2.32. The Morgan fingerprint density at radius 3 is 2.80 bits per heavy atom. The van der Waals surface area contributed by atoms with E-state index in [-0.39, 0.29) is 18.6 Å². The second kappa shape index (κ2) is 4.94. The molecule has 0 aromatic rings. The van der Waals surface area contributed by atoms with Crippen molar-refractivity contribution in [1.82, 2.24) is 4.90 Å². The van der Waals surface area contributed by atoms with Crippen molar-refractivity contribution in [3.63, 3.8) is 0 Å². The van der Waals surface area contributed by atoms with Crippen molar-refractivity contribution in [2.24, 2.45) is 11.1 Å². The van der Waals surface area contributed by atoms with Crippen molar-refractivity contribution in [3.8, 4) is 0 Å². The Morgan fingerprint density at radius 2 is 2.33 bits per heavy atom. The molecule has 0 aliphatic carbocycles. The number of carbonyl (C=O) groups excluding carboxylic acids is 1. The fourth-order valence-corrected chi connectivity index (χ4v) is 2.02. The van der Waals surface area contributed by atoms with Crippen LogP contribution in [0.4, 0.5) is 0 Å². The van der Waals surface area contributed by atoms with E-state index in [1.807, 2.05) is 13.8 Å². The lowest BCUT2D eigenvalue weighted by Gasteiger charge is -2.33. The van der Waals surface area contributed by atoms with Crippen LogP contribution in [0.3, 0.4) is 0 Å². The molecule has 4 nitrogen and oxygen atoms in total. The van der Waals surface area contributed by atoms with Gasteiger partial charge < -0.3 is 15.7 Å². The molecule has 1 saturated heterocycles. The largest absolute Gasteiger partial charge is 0.394 e. The highest BCUT2D eigenvalue weighted by Crippen LogP contribution is 2.27. The highest BCUT2D eigenvalue weighted by Gasteiger charge is 2.38. The van der Waals surface area contributed by atoms with Gasteiger partial charge in [-0.3, -0.25) is 4.79 Å². The number of carbonyl (C=O) groups is 1. The number of hydrogen-bond donors (Lipinski definition) is 2. The number of nitrogens with two attached hydrogens (primary N) is 1. The average Bonchev–Trinajstić information content (AvgIpc) is 2.74.